The number of carbonyl (C=O) groups is 1. The molecule has 1 rings (SSSR count). The maximum atomic E-state index is 12.8. The molecule has 0 aromatic carbocycles. The molecule has 0 aliphatic carbocycles. The predicted octanol–water partition coefficient (Wildman–Crippen LogP) is 8.63. The van der Waals surface area contributed by atoms with Crippen molar-refractivity contribution in [2.45, 2.75) is 205 Å². The molecule has 0 aromatic heterocycles. The summed E-state index contributed by atoms with van der Waals surface area (Å²) in [5.41, 5.74) is 0. The van der Waals surface area contributed by atoms with Crippen LogP contribution in [-0.4, -0.2) is 97.5 Å². The first kappa shape index (κ1) is 52.3. The molecule has 0 spiro atoms. The van der Waals surface area contributed by atoms with Gasteiger partial charge in [0.05, 0.1) is 19.8 Å². The van der Waals surface area contributed by atoms with E-state index in [-0.39, 0.29) is 19.6 Å². The molecule has 1 saturated heterocycles. The van der Waals surface area contributed by atoms with Gasteiger partial charge in [0.1, 0.15) is 30.5 Å². The molecule has 4 N–H and O–H groups in total. The molecule has 6 unspecified atom stereocenters. The molecule has 1 aliphatic heterocycles. The zero-order valence-electron chi connectivity index (χ0n) is 34.7. The lowest BCUT2D eigenvalue weighted by atomic mass is 9.99. The van der Waals surface area contributed by atoms with Gasteiger partial charge in [-0.1, -0.05) is 153 Å². The lowest BCUT2D eigenvalue weighted by Gasteiger charge is -2.41. The number of hydrogen-bond acceptors (Lipinski definition) is 11. The van der Waals surface area contributed by atoms with Crippen molar-refractivity contribution in [2.24, 2.45) is 0 Å². The number of aliphatic hydroxyl groups is 3. The van der Waals surface area contributed by atoms with Gasteiger partial charge in [-0.2, -0.15) is 8.42 Å². The van der Waals surface area contributed by atoms with Crippen LogP contribution in [0, 0.1) is 0 Å². The van der Waals surface area contributed by atoms with Gasteiger partial charge in [0.15, 0.2) is 6.29 Å². The van der Waals surface area contributed by atoms with Crippen molar-refractivity contribution in [1.29, 1.82) is 0 Å². The third kappa shape index (κ3) is 28.7. The lowest BCUT2D eigenvalue weighted by Crippen LogP contribution is -2.60. The molecule has 0 amide bonds. The number of hydrogen-bond donors (Lipinski definition) is 4. The van der Waals surface area contributed by atoms with E-state index < -0.39 is 59.8 Å². The quantitative estimate of drug-likeness (QED) is 0.0203. The number of rotatable bonds is 37. The molecule has 0 bridgehead atoms. The van der Waals surface area contributed by atoms with Gasteiger partial charge in [-0.25, -0.2) is 4.18 Å². The molecule has 0 aromatic rings. The molecular formula is C43H78O12S. The summed E-state index contributed by atoms with van der Waals surface area (Å²) >= 11 is 0. The van der Waals surface area contributed by atoms with Crippen LogP contribution in [0.2, 0.25) is 0 Å². The highest BCUT2D eigenvalue weighted by Gasteiger charge is 2.48. The third-order valence-electron chi connectivity index (χ3n) is 9.78. The highest BCUT2D eigenvalue weighted by atomic mass is 32.3. The van der Waals surface area contributed by atoms with Crippen LogP contribution in [0.5, 0.6) is 0 Å². The summed E-state index contributed by atoms with van der Waals surface area (Å²) in [5.74, 6) is -0.427. The molecular weight excluding hydrogens is 741 g/mol. The molecule has 1 heterocycles. The molecule has 1 aliphatic rings. The summed E-state index contributed by atoms with van der Waals surface area (Å²) in [6.45, 7) is 3.84. The minimum absolute atomic E-state index is 0.0262. The van der Waals surface area contributed by atoms with Gasteiger partial charge in [-0.3, -0.25) is 9.35 Å². The first-order valence-electron chi connectivity index (χ1n) is 21.7. The molecule has 0 radical (unpaired) electrons. The van der Waals surface area contributed by atoms with Crippen molar-refractivity contribution in [2.75, 3.05) is 26.4 Å². The van der Waals surface area contributed by atoms with Crippen molar-refractivity contribution < 1.29 is 56.2 Å². The summed E-state index contributed by atoms with van der Waals surface area (Å²) in [5, 5.41) is 30.6. The van der Waals surface area contributed by atoms with E-state index in [0.29, 0.717) is 13.0 Å². The van der Waals surface area contributed by atoms with Crippen LogP contribution >= 0.6 is 0 Å². The minimum atomic E-state index is -5.06. The summed E-state index contributed by atoms with van der Waals surface area (Å²) in [6, 6.07) is 0. The second-order valence-corrected chi connectivity index (χ2v) is 16.0. The highest BCUT2D eigenvalue weighted by molar-refractivity contribution is 7.80. The minimum Gasteiger partial charge on any atom is -0.457 e. The average Bonchev–Trinajstić information content (AvgIpc) is 3.17. The number of aliphatic hydroxyl groups excluding tert-OH is 3. The van der Waals surface area contributed by atoms with Crippen LogP contribution in [0.25, 0.3) is 0 Å². The summed E-state index contributed by atoms with van der Waals surface area (Å²) in [7, 11) is -5.06. The Kier molecular flexibility index (Phi) is 33.0. The van der Waals surface area contributed by atoms with Crippen molar-refractivity contribution in [3.05, 3.63) is 36.5 Å². The summed E-state index contributed by atoms with van der Waals surface area (Å²) in [4.78, 5) is 12.8. The Morgan fingerprint density at radius 3 is 1.79 bits per heavy atom. The molecule has 328 valence electrons. The fraction of sp³-hybridized carbons (Fsp3) is 0.837. The largest absolute Gasteiger partial charge is 0.457 e. The normalized spacial score (nSPS) is 21.1. The molecule has 56 heavy (non-hydrogen) atoms. The first-order valence-corrected chi connectivity index (χ1v) is 23.1. The average molecular weight is 819 g/mol. The van der Waals surface area contributed by atoms with Gasteiger partial charge in [-0.15, -0.1) is 0 Å². The maximum Gasteiger partial charge on any atom is 0.397 e. The summed E-state index contributed by atoms with van der Waals surface area (Å²) < 4.78 is 58.9. The Bertz CT molecular complexity index is 1130. The van der Waals surface area contributed by atoms with E-state index in [1.165, 1.54) is 83.5 Å². The first-order chi connectivity index (χ1) is 27.1. The van der Waals surface area contributed by atoms with Crippen molar-refractivity contribution in [3.63, 3.8) is 0 Å². The standard InChI is InChI=1S/C43H78O12S/c1-3-5-7-9-11-13-15-17-18-19-21-23-25-27-29-31-33-51-35-37(36-52-43-41(47)42(55-56(48,49)50)40(46)38(34-44)54-43)53-39(45)32-30-28-26-24-22-20-16-14-12-10-8-6-4-2/h6,8,12,14,20,22,37-38,40-44,46-47H,3-5,7,9-11,13,15-19,21,23-36H2,1-2H3,(H,48,49,50)/b8-6-,14-12-,22-20-. The second-order valence-electron chi connectivity index (χ2n) is 14.9. The molecule has 13 heteroatoms. The van der Waals surface area contributed by atoms with Crippen LogP contribution in [0.1, 0.15) is 168 Å². The highest BCUT2D eigenvalue weighted by Crippen LogP contribution is 2.26. The van der Waals surface area contributed by atoms with Gasteiger partial charge in [0.25, 0.3) is 0 Å². The van der Waals surface area contributed by atoms with Crippen LogP contribution in [0.15, 0.2) is 36.5 Å². The van der Waals surface area contributed by atoms with Crippen LogP contribution in [-0.2, 0) is 38.3 Å². The molecule has 6 atom stereocenters. The Labute approximate surface area is 339 Å². The fourth-order valence-electron chi connectivity index (χ4n) is 6.51. The van der Waals surface area contributed by atoms with E-state index in [9.17, 15) is 28.5 Å². The van der Waals surface area contributed by atoms with Crippen molar-refractivity contribution in [1.82, 2.24) is 0 Å². The van der Waals surface area contributed by atoms with E-state index in [1.54, 1.807) is 0 Å². The van der Waals surface area contributed by atoms with Crippen LogP contribution < -0.4 is 0 Å². The Morgan fingerprint density at radius 2 is 1.23 bits per heavy atom. The number of esters is 1. The SMILES string of the molecule is CC/C=C\C/C=C\C/C=C\CCCCCC(=O)OC(COCCCCCCCCCCCCCCCCCC)COC1OC(CO)C(O)C(OS(=O)(=O)O)C1O. The van der Waals surface area contributed by atoms with Gasteiger partial charge < -0.3 is 34.3 Å². The van der Waals surface area contributed by atoms with E-state index in [1.807, 2.05) is 0 Å². The van der Waals surface area contributed by atoms with Gasteiger partial charge in [-0.05, 0) is 44.9 Å². The Hall–Kier alpha value is -1.68. The van der Waals surface area contributed by atoms with E-state index in [4.69, 9.17) is 23.5 Å². The maximum absolute atomic E-state index is 12.8. The van der Waals surface area contributed by atoms with Gasteiger partial charge >= 0.3 is 16.4 Å². The monoisotopic (exact) mass is 819 g/mol. The van der Waals surface area contributed by atoms with E-state index in [2.05, 4.69) is 54.5 Å². The number of ether oxygens (including phenoxy) is 4. The zero-order valence-corrected chi connectivity index (χ0v) is 35.5. The number of carbonyl (C=O) groups excluding carboxylic acids is 1. The number of allylic oxidation sites excluding steroid dienone is 6. The van der Waals surface area contributed by atoms with Crippen LogP contribution in [0.4, 0.5) is 0 Å². The molecule has 12 nitrogen and oxygen atoms in total. The molecule has 0 saturated carbocycles. The van der Waals surface area contributed by atoms with Crippen molar-refractivity contribution in [3.8, 4) is 0 Å². The second kappa shape index (κ2) is 35.3. The van der Waals surface area contributed by atoms with Crippen LogP contribution in [0.3, 0.4) is 0 Å². The van der Waals surface area contributed by atoms with Gasteiger partial charge in [0, 0.05) is 13.0 Å². The topological polar surface area (TPSA) is 178 Å². The smallest absolute Gasteiger partial charge is 0.397 e. The fourth-order valence-corrected chi connectivity index (χ4v) is 7.02. The Morgan fingerprint density at radius 1 is 0.696 bits per heavy atom. The van der Waals surface area contributed by atoms with Gasteiger partial charge in [0.2, 0.25) is 0 Å². The number of unbranched alkanes of at least 4 members (excludes halogenated alkanes) is 18. The van der Waals surface area contributed by atoms with E-state index in [0.717, 1.165) is 57.8 Å². The Balaban J connectivity index is 2.46. The summed E-state index contributed by atoms with van der Waals surface area (Å²) in [6.07, 6.45) is 30.4. The molecule has 1 fully saturated rings. The lowest BCUT2D eigenvalue weighted by molar-refractivity contribution is -0.301. The third-order valence-corrected chi connectivity index (χ3v) is 10.2. The predicted molar refractivity (Wildman–Crippen MR) is 220 cm³/mol. The zero-order chi connectivity index (χ0) is 41.1. The van der Waals surface area contributed by atoms with E-state index >= 15 is 0 Å². The van der Waals surface area contributed by atoms with Crippen molar-refractivity contribution >= 4 is 16.4 Å².